The zero-order valence-electron chi connectivity index (χ0n) is 9.95. The van der Waals surface area contributed by atoms with Crippen LogP contribution in [0.4, 0.5) is 5.69 Å². The number of ether oxygens (including phenoxy) is 2. The minimum Gasteiger partial charge on any atom is -0.376 e. The van der Waals surface area contributed by atoms with Crippen molar-refractivity contribution in [3.05, 3.63) is 22.4 Å². The van der Waals surface area contributed by atoms with Gasteiger partial charge in [0.25, 0.3) is 0 Å². The third-order valence-electron chi connectivity index (χ3n) is 2.31. The lowest BCUT2D eigenvalue weighted by atomic mass is 10.2. The number of halogens is 1. The SMILES string of the molecule is COC(OC)C(C)Nc1ccc(Br)nc1C. The summed E-state index contributed by atoms with van der Waals surface area (Å²) in [4.78, 5) is 4.31. The van der Waals surface area contributed by atoms with E-state index >= 15 is 0 Å². The van der Waals surface area contributed by atoms with Crippen molar-refractivity contribution in [1.29, 1.82) is 0 Å². The van der Waals surface area contributed by atoms with E-state index in [9.17, 15) is 0 Å². The zero-order valence-corrected chi connectivity index (χ0v) is 11.5. The van der Waals surface area contributed by atoms with Crippen LogP contribution in [0.5, 0.6) is 0 Å². The van der Waals surface area contributed by atoms with Gasteiger partial charge in [-0.25, -0.2) is 4.98 Å². The third kappa shape index (κ3) is 3.43. The maximum atomic E-state index is 5.18. The molecular formula is C11H17BrN2O2. The Hall–Kier alpha value is -0.650. The minimum absolute atomic E-state index is 0.0525. The predicted octanol–water partition coefficient (Wildman–Crippen LogP) is 2.57. The van der Waals surface area contributed by atoms with Gasteiger partial charge >= 0.3 is 0 Å². The highest BCUT2D eigenvalue weighted by molar-refractivity contribution is 9.10. The zero-order chi connectivity index (χ0) is 12.1. The first-order valence-corrected chi connectivity index (χ1v) is 5.83. The molecule has 1 rings (SSSR count). The second-order valence-electron chi connectivity index (χ2n) is 3.54. The summed E-state index contributed by atoms with van der Waals surface area (Å²) in [5, 5.41) is 3.31. The van der Waals surface area contributed by atoms with E-state index in [1.807, 2.05) is 26.0 Å². The largest absolute Gasteiger partial charge is 0.376 e. The van der Waals surface area contributed by atoms with Gasteiger partial charge in [0.2, 0.25) is 0 Å². The molecule has 0 aliphatic rings. The quantitative estimate of drug-likeness (QED) is 0.668. The lowest BCUT2D eigenvalue weighted by Gasteiger charge is -2.23. The molecule has 0 saturated carbocycles. The molecule has 0 aliphatic carbocycles. The maximum absolute atomic E-state index is 5.18. The topological polar surface area (TPSA) is 43.4 Å². The average Bonchev–Trinajstić information content (AvgIpc) is 2.24. The van der Waals surface area contributed by atoms with Gasteiger partial charge < -0.3 is 14.8 Å². The summed E-state index contributed by atoms with van der Waals surface area (Å²) >= 11 is 3.33. The molecule has 16 heavy (non-hydrogen) atoms. The lowest BCUT2D eigenvalue weighted by Crippen LogP contribution is -2.34. The van der Waals surface area contributed by atoms with Gasteiger partial charge in [-0.3, -0.25) is 0 Å². The van der Waals surface area contributed by atoms with Crippen LogP contribution < -0.4 is 5.32 Å². The fourth-order valence-corrected chi connectivity index (χ4v) is 1.90. The Morgan fingerprint density at radius 1 is 1.31 bits per heavy atom. The van der Waals surface area contributed by atoms with E-state index in [4.69, 9.17) is 9.47 Å². The Labute approximate surface area is 104 Å². The van der Waals surface area contributed by atoms with Crippen LogP contribution in [0.2, 0.25) is 0 Å². The molecule has 0 saturated heterocycles. The normalized spacial score (nSPS) is 12.9. The molecule has 0 bridgehead atoms. The molecule has 1 N–H and O–H groups in total. The molecule has 0 radical (unpaired) electrons. The first kappa shape index (κ1) is 13.4. The minimum atomic E-state index is -0.275. The highest BCUT2D eigenvalue weighted by Crippen LogP contribution is 2.18. The number of nitrogens with one attached hydrogen (secondary N) is 1. The van der Waals surface area contributed by atoms with E-state index in [0.29, 0.717) is 0 Å². The van der Waals surface area contributed by atoms with Gasteiger partial charge in [0.05, 0.1) is 17.4 Å². The summed E-state index contributed by atoms with van der Waals surface area (Å²) in [6, 6.07) is 3.93. The van der Waals surface area contributed by atoms with Crippen molar-refractivity contribution in [1.82, 2.24) is 4.98 Å². The summed E-state index contributed by atoms with van der Waals surface area (Å²) < 4.78 is 11.2. The van der Waals surface area contributed by atoms with Crippen LogP contribution >= 0.6 is 15.9 Å². The Kier molecular flexibility index (Phi) is 5.18. The first-order valence-electron chi connectivity index (χ1n) is 5.03. The van der Waals surface area contributed by atoms with Crippen LogP contribution in [0.3, 0.4) is 0 Å². The van der Waals surface area contributed by atoms with Crippen molar-refractivity contribution in [3.8, 4) is 0 Å². The molecule has 0 fully saturated rings. The Morgan fingerprint density at radius 2 is 1.94 bits per heavy atom. The number of pyridine rings is 1. The lowest BCUT2D eigenvalue weighted by molar-refractivity contribution is -0.109. The van der Waals surface area contributed by atoms with Crippen molar-refractivity contribution in [3.63, 3.8) is 0 Å². The van der Waals surface area contributed by atoms with Crippen LogP contribution in [0.15, 0.2) is 16.7 Å². The molecule has 0 spiro atoms. The first-order chi connectivity index (χ1) is 7.58. The van der Waals surface area contributed by atoms with Crippen LogP contribution in [0.1, 0.15) is 12.6 Å². The monoisotopic (exact) mass is 288 g/mol. The number of anilines is 1. The van der Waals surface area contributed by atoms with E-state index in [1.165, 1.54) is 0 Å². The van der Waals surface area contributed by atoms with E-state index in [-0.39, 0.29) is 12.3 Å². The third-order valence-corrected chi connectivity index (χ3v) is 2.75. The van der Waals surface area contributed by atoms with Crippen molar-refractivity contribution in [2.45, 2.75) is 26.2 Å². The van der Waals surface area contributed by atoms with Gasteiger partial charge in [-0.05, 0) is 41.9 Å². The molecule has 4 nitrogen and oxygen atoms in total. The van der Waals surface area contributed by atoms with E-state index in [1.54, 1.807) is 14.2 Å². The highest BCUT2D eigenvalue weighted by atomic mass is 79.9. The number of rotatable bonds is 5. The summed E-state index contributed by atoms with van der Waals surface area (Å²) in [5.74, 6) is 0. The van der Waals surface area contributed by atoms with Crippen LogP contribution in [-0.2, 0) is 9.47 Å². The van der Waals surface area contributed by atoms with Gasteiger partial charge in [0, 0.05) is 14.2 Å². The Balaban J connectivity index is 2.72. The van der Waals surface area contributed by atoms with Gasteiger partial charge in [0.1, 0.15) is 4.60 Å². The van der Waals surface area contributed by atoms with E-state index < -0.39 is 0 Å². The molecule has 1 unspecified atom stereocenters. The molecule has 0 aliphatic heterocycles. The molecule has 1 heterocycles. The van der Waals surface area contributed by atoms with Crippen molar-refractivity contribution in [2.75, 3.05) is 19.5 Å². The maximum Gasteiger partial charge on any atom is 0.176 e. The molecule has 0 amide bonds. The van der Waals surface area contributed by atoms with Gasteiger partial charge in [-0.1, -0.05) is 0 Å². The van der Waals surface area contributed by atoms with Gasteiger partial charge in [0.15, 0.2) is 6.29 Å². The smallest absolute Gasteiger partial charge is 0.176 e. The molecule has 90 valence electrons. The average molecular weight is 289 g/mol. The molecule has 5 heteroatoms. The number of hydrogen-bond acceptors (Lipinski definition) is 4. The Bertz CT molecular complexity index is 343. The van der Waals surface area contributed by atoms with Crippen LogP contribution in [0.25, 0.3) is 0 Å². The highest BCUT2D eigenvalue weighted by Gasteiger charge is 2.16. The number of methoxy groups -OCH3 is 2. The van der Waals surface area contributed by atoms with Crippen molar-refractivity contribution < 1.29 is 9.47 Å². The number of hydrogen-bond donors (Lipinski definition) is 1. The Morgan fingerprint density at radius 3 is 2.44 bits per heavy atom. The van der Waals surface area contributed by atoms with E-state index in [2.05, 4.69) is 26.2 Å². The fraction of sp³-hybridized carbons (Fsp3) is 0.545. The van der Waals surface area contributed by atoms with E-state index in [0.717, 1.165) is 16.0 Å². The standard InChI is InChI=1S/C11H17BrN2O2/c1-7-9(5-6-10(12)14-7)13-8(2)11(15-3)16-4/h5-6,8,11,13H,1-4H3. The van der Waals surface area contributed by atoms with Gasteiger partial charge in [-0.15, -0.1) is 0 Å². The predicted molar refractivity (Wildman–Crippen MR) is 67.6 cm³/mol. The molecule has 1 aromatic heterocycles. The summed E-state index contributed by atoms with van der Waals surface area (Å²) in [6.07, 6.45) is -0.275. The molecule has 1 atom stereocenters. The van der Waals surface area contributed by atoms with Crippen molar-refractivity contribution in [2.24, 2.45) is 0 Å². The van der Waals surface area contributed by atoms with Crippen LogP contribution in [0, 0.1) is 6.92 Å². The second-order valence-corrected chi connectivity index (χ2v) is 4.35. The number of nitrogens with zero attached hydrogens (tertiary/aromatic N) is 1. The van der Waals surface area contributed by atoms with Gasteiger partial charge in [-0.2, -0.15) is 0 Å². The molecule has 1 aromatic rings. The second kappa shape index (κ2) is 6.18. The molecule has 0 aromatic carbocycles. The summed E-state index contributed by atoms with van der Waals surface area (Å²) in [6.45, 7) is 3.95. The summed E-state index contributed by atoms with van der Waals surface area (Å²) in [7, 11) is 3.25. The number of aromatic nitrogens is 1. The number of aryl methyl sites for hydroxylation is 1. The van der Waals surface area contributed by atoms with Crippen molar-refractivity contribution >= 4 is 21.6 Å². The van der Waals surface area contributed by atoms with Crippen LogP contribution in [-0.4, -0.2) is 31.5 Å². The fourth-order valence-electron chi connectivity index (χ4n) is 1.50. The summed E-state index contributed by atoms with van der Waals surface area (Å²) in [5.41, 5.74) is 1.92. The molecular weight excluding hydrogens is 272 g/mol.